The number of piperazine rings is 1. The van der Waals surface area contributed by atoms with Crippen molar-refractivity contribution in [2.75, 3.05) is 67.3 Å². The molecule has 0 spiro atoms. The van der Waals surface area contributed by atoms with E-state index in [2.05, 4.69) is 72.8 Å². The molecule has 0 amide bonds. The van der Waals surface area contributed by atoms with Crippen LogP contribution in [0.3, 0.4) is 0 Å². The van der Waals surface area contributed by atoms with Crippen molar-refractivity contribution < 1.29 is 0 Å². The number of hydrogen-bond donors (Lipinski definition) is 2. The van der Waals surface area contributed by atoms with E-state index >= 15 is 0 Å². The molecule has 5 heterocycles. The molecule has 10 heteroatoms. The predicted molar refractivity (Wildman–Crippen MR) is 147 cm³/mol. The second-order valence-corrected chi connectivity index (χ2v) is 11.0. The maximum Gasteiger partial charge on any atom is 0.211 e. The van der Waals surface area contributed by atoms with Crippen molar-refractivity contribution in [2.45, 2.75) is 31.6 Å². The second-order valence-electron chi connectivity index (χ2n) is 10.0. The normalized spacial score (nSPS) is 18.8. The Morgan fingerprint density at radius 3 is 2.64 bits per heavy atom. The molecule has 188 valence electrons. The molecule has 0 atom stereocenters. The van der Waals surface area contributed by atoms with Crippen molar-refractivity contribution in [2.24, 2.45) is 0 Å². The molecule has 2 N–H and O–H groups in total. The van der Waals surface area contributed by atoms with E-state index in [9.17, 15) is 0 Å². The van der Waals surface area contributed by atoms with Gasteiger partial charge in [-0.25, -0.2) is 4.98 Å². The van der Waals surface area contributed by atoms with E-state index in [0.29, 0.717) is 5.92 Å². The molecule has 9 nitrogen and oxygen atoms in total. The summed E-state index contributed by atoms with van der Waals surface area (Å²) in [6.45, 7) is 4.98. The minimum absolute atomic E-state index is 0.573. The SMILES string of the molecule is CN1CCN(c2cncc(NC3=Cc4nc(Nc5nnc(C6CCCC6)s5)ccc4N(C)C3)c2)CC1. The lowest BCUT2D eigenvalue weighted by Crippen LogP contribution is -2.44. The highest BCUT2D eigenvalue weighted by atomic mass is 32.1. The summed E-state index contributed by atoms with van der Waals surface area (Å²) in [5, 5.41) is 17.7. The molecule has 6 rings (SSSR count). The van der Waals surface area contributed by atoms with Gasteiger partial charge in [0.25, 0.3) is 0 Å². The largest absolute Gasteiger partial charge is 0.368 e. The van der Waals surface area contributed by atoms with Gasteiger partial charge in [-0.2, -0.15) is 0 Å². The van der Waals surface area contributed by atoms with Crippen molar-refractivity contribution in [1.29, 1.82) is 0 Å². The van der Waals surface area contributed by atoms with E-state index in [1.807, 2.05) is 18.5 Å². The first kappa shape index (κ1) is 23.2. The van der Waals surface area contributed by atoms with Crippen LogP contribution in [-0.4, -0.2) is 71.9 Å². The minimum Gasteiger partial charge on any atom is -0.368 e. The third-order valence-corrected chi connectivity index (χ3v) is 8.31. The average Bonchev–Trinajstić information content (AvgIpc) is 3.57. The first-order valence-corrected chi connectivity index (χ1v) is 13.6. The third kappa shape index (κ3) is 5.01. The van der Waals surface area contributed by atoms with Crippen molar-refractivity contribution in [1.82, 2.24) is 25.1 Å². The summed E-state index contributed by atoms with van der Waals surface area (Å²) in [4.78, 5) is 16.4. The summed E-state index contributed by atoms with van der Waals surface area (Å²) < 4.78 is 0. The number of anilines is 5. The number of aromatic nitrogens is 4. The van der Waals surface area contributed by atoms with Crippen molar-refractivity contribution in [3.05, 3.63) is 47.0 Å². The Bertz CT molecular complexity index is 1240. The van der Waals surface area contributed by atoms with Gasteiger partial charge in [0.1, 0.15) is 10.8 Å². The van der Waals surface area contributed by atoms with E-state index in [-0.39, 0.29) is 0 Å². The second kappa shape index (κ2) is 10.0. The zero-order valence-electron chi connectivity index (χ0n) is 20.9. The lowest BCUT2D eigenvalue weighted by molar-refractivity contribution is 0.313. The minimum atomic E-state index is 0.573. The third-order valence-electron chi connectivity index (χ3n) is 7.31. The number of nitrogens with zero attached hydrogens (tertiary/aromatic N) is 7. The molecular weight excluding hydrogens is 470 g/mol. The van der Waals surface area contributed by atoms with Crippen LogP contribution in [0, 0.1) is 0 Å². The maximum absolute atomic E-state index is 4.90. The monoisotopic (exact) mass is 503 g/mol. The van der Waals surface area contributed by atoms with Crippen LogP contribution in [-0.2, 0) is 0 Å². The molecule has 3 aromatic heterocycles. The standard InChI is InChI=1S/C26H33N9S/c1-33-9-11-35(12-10-33)21-13-19(15-27-16-21)28-20-14-22-23(34(2)17-20)7-8-24(29-22)30-26-32-31-25(36-26)18-5-3-4-6-18/h7-8,13-16,18,28H,3-6,9-12,17H2,1-2H3,(H,29,30,32). The molecule has 3 aliphatic rings. The fraction of sp³-hybridized carbons (Fsp3) is 0.462. The van der Waals surface area contributed by atoms with Gasteiger partial charge in [0, 0.05) is 44.8 Å². The van der Waals surface area contributed by atoms with Gasteiger partial charge in [0.2, 0.25) is 5.13 Å². The average molecular weight is 504 g/mol. The molecule has 36 heavy (non-hydrogen) atoms. The summed E-state index contributed by atoms with van der Waals surface area (Å²) in [5.74, 6) is 1.36. The lowest BCUT2D eigenvalue weighted by Gasteiger charge is -2.34. The number of rotatable bonds is 6. The summed E-state index contributed by atoms with van der Waals surface area (Å²) >= 11 is 1.65. The van der Waals surface area contributed by atoms with Gasteiger partial charge in [-0.05, 0) is 44.2 Å². The van der Waals surface area contributed by atoms with Gasteiger partial charge in [-0.1, -0.05) is 24.2 Å². The van der Waals surface area contributed by atoms with Crippen molar-refractivity contribution in [3.8, 4) is 0 Å². The number of fused-ring (bicyclic) bond motifs is 1. The zero-order valence-corrected chi connectivity index (χ0v) is 21.8. The van der Waals surface area contributed by atoms with Crippen LogP contribution in [0.2, 0.25) is 0 Å². The molecule has 1 saturated heterocycles. The zero-order chi connectivity index (χ0) is 24.5. The van der Waals surface area contributed by atoms with Gasteiger partial charge in [-0.15, -0.1) is 10.2 Å². The van der Waals surface area contributed by atoms with Gasteiger partial charge < -0.3 is 25.3 Å². The van der Waals surface area contributed by atoms with Gasteiger partial charge >= 0.3 is 0 Å². The van der Waals surface area contributed by atoms with E-state index in [0.717, 1.165) is 77.1 Å². The molecule has 2 aliphatic heterocycles. The summed E-state index contributed by atoms with van der Waals surface area (Å²) in [6.07, 6.45) is 11.0. The smallest absolute Gasteiger partial charge is 0.211 e. The summed E-state index contributed by atoms with van der Waals surface area (Å²) in [5.41, 5.74) is 5.29. The Balaban J connectivity index is 1.17. The highest BCUT2D eigenvalue weighted by Crippen LogP contribution is 2.37. The van der Waals surface area contributed by atoms with Crippen LogP contribution < -0.4 is 20.4 Å². The van der Waals surface area contributed by atoms with Crippen LogP contribution in [0.15, 0.2) is 36.3 Å². The van der Waals surface area contributed by atoms with Crippen LogP contribution >= 0.6 is 11.3 Å². The Morgan fingerprint density at radius 1 is 0.972 bits per heavy atom. The lowest BCUT2D eigenvalue weighted by atomic mass is 10.1. The molecule has 1 saturated carbocycles. The summed E-state index contributed by atoms with van der Waals surface area (Å²) in [7, 11) is 4.27. The molecule has 1 aliphatic carbocycles. The maximum atomic E-state index is 4.90. The van der Waals surface area contributed by atoms with Crippen LogP contribution in [0.5, 0.6) is 0 Å². The van der Waals surface area contributed by atoms with Crippen LogP contribution in [0.25, 0.3) is 6.08 Å². The van der Waals surface area contributed by atoms with Crippen molar-refractivity contribution >= 4 is 45.4 Å². The van der Waals surface area contributed by atoms with Crippen LogP contribution in [0.4, 0.5) is 28.0 Å². The first-order valence-electron chi connectivity index (χ1n) is 12.8. The molecule has 0 unspecified atom stereocenters. The van der Waals surface area contributed by atoms with E-state index in [4.69, 9.17) is 4.98 Å². The number of nitrogens with one attached hydrogen (secondary N) is 2. The molecule has 3 aromatic rings. The molecule has 2 fully saturated rings. The Labute approximate surface area is 216 Å². The first-order chi connectivity index (χ1) is 17.6. The van der Waals surface area contributed by atoms with E-state index < -0.39 is 0 Å². The molecule has 0 bridgehead atoms. The van der Waals surface area contributed by atoms with Crippen LogP contribution in [0.1, 0.15) is 42.3 Å². The molecule has 0 radical (unpaired) electrons. The Hall–Kier alpha value is -3.24. The quantitative estimate of drug-likeness (QED) is 0.509. The number of hydrogen-bond acceptors (Lipinski definition) is 10. The Kier molecular flexibility index (Phi) is 6.45. The van der Waals surface area contributed by atoms with Gasteiger partial charge in [0.05, 0.1) is 41.7 Å². The number of pyridine rings is 2. The van der Waals surface area contributed by atoms with Gasteiger partial charge in [0.15, 0.2) is 0 Å². The fourth-order valence-corrected chi connectivity index (χ4v) is 6.16. The molecular formula is C26H33N9S. The number of likely N-dealkylation sites (N-methyl/N-ethyl adjacent to an activating group) is 2. The topological polar surface area (TPSA) is 85.3 Å². The Morgan fingerprint density at radius 2 is 1.81 bits per heavy atom. The highest BCUT2D eigenvalue weighted by Gasteiger charge is 2.22. The highest BCUT2D eigenvalue weighted by molar-refractivity contribution is 7.15. The van der Waals surface area contributed by atoms with E-state index in [1.165, 1.54) is 25.7 Å². The fourth-order valence-electron chi connectivity index (χ4n) is 5.24. The summed E-state index contributed by atoms with van der Waals surface area (Å²) in [6, 6.07) is 6.32. The van der Waals surface area contributed by atoms with E-state index in [1.54, 1.807) is 11.3 Å². The molecule has 0 aromatic carbocycles. The predicted octanol–water partition coefficient (Wildman–Crippen LogP) is 4.38. The van der Waals surface area contributed by atoms with Gasteiger partial charge in [-0.3, -0.25) is 4.98 Å². The van der Waals surface area contributed by atoms with Crippen molar-refractivity contribution in [3.63, 3.8) is 0 Å².